The van der Waals surface area contributed by atoms with Crippen LogP contribution in [0.3, 0.4) is 0 Å². The van der Waals surface area contributed by atoms with Gasteiger partial charge >= 0.3 is 0 Å². The van der Waals surface area contributed by atoms with Crippen LogP contribution in [0.2, 0.25) is 5.02 Å². The average molecular weight is 560 g/mol. The molecule has 0 heterocycles. The van der Waals surface area contributed by atoms with Crippen molar-refractivity contribution in [3.8, 4) is 0 Å². The van der Waals surface area contributed by atoms with Gasteiger partial charge < -0.3 is 10.2 Å². The van der Waals surface area contributed by atoms with Crippen LogP contribution in [0, 0.1) is 19.7 Å². The van der Waals surface area contributed by atoms with E-state index in [0.29, 0.717) is 17.1 Å². The van der Waals surface area contributed by atoms with Gasteiger partial charge in [-0.2, -0.15) is 0 Å². The van der Waals surface area contributed by atoms with E-state index < -0.39 is 40.2 Å². The van der Waals surface area contributed by atoms with E-state index >= 15 is 0 Å². The number of carbonyl (C=O) groups excluding carboxylic acids is 2. The molecule has 0 saturated carbocycles. The molecule has 0 aliphatic heterocycles. The molecule has 0 aliphatic carbocycles. The Hall–Kier alpha value is -3.43. The predicted octanol–water partition coefficient (Wildman–Crippen LogP) is 4.84. The highest BCUT2D eigenvalue weighted by atomic mass is 35.5. The van der Waals surface area contributed by atoms with E-state index in [1.165, 1.54) is 42.2 Å². The van der Waals surface area contributed by atoms with Crippen LogP contribution in [0.5, 0.6) is 0 Å². The number of aryl methyl sites for hydroxylation is 1. The summed E-state index contributed by atoms with van der Waals surface area (Å²) in [5.74, 6) is -1.66. The lowest BCUT2D eigenvalue weighted by molar-refractivity contribution is -0.139. The molecule has 0 bridgehead atoms. The number of amides is 2. The van der Waals surface area contributed by atoms with Crippen molar-refractivity contribution in [1.29, 1.82) is 0 Å². The highest BCUT2D eigenvalue weighted by Gasteiger charge is 2.33. The smallest absolute Gasteiger partial charge is 0.264 e. The lowest BCUT2D eigenvalue weighted by Gasteiger charge is -2.32. The number of sulfonamides is 1. The van der Waals surface area contributed by atoms with Gasteiger partial charge in [0.1, 0.15) is 18.4 Å². The van der Waals surface area contributed by atoms with Crippen molar-refractivity contribution in [2.45, 2.75) is 45.2 Å². The maximum Gasteiger partial charge on any atom is 0.264 e. The molecule has 1 N–H and O–H groups in total. The summed E-state index contributed by atoms with van der Waals surface area (Å²) in [5, 5.41) is 3.00. The molecule has 1 atom stereocenters. The molecule has 10 heteroatoms. The number of rotatable bonds is 10. The Morgan fingerprint density at radius 1 is 1.00 bits per heavy atom. The molecular formula is C28H31ClFN3O4S. The molecule has 7 nitrogen and oxygen atoms in total. The highest BCUT2D eigenvalue weighted by Crippen LogP contribution is 2.31. The van der Waals surface area contributed by atoms with E-state index in [2.05, 4.69) is 5.32 Å². The van der Waals surface area contributed by atoms with E-state index in [1.807, 2.05) is 6.92 Å². The summed E-state index contributed by atoms with van der Waals surface area (Å²) in [5.41, 5.74) is 1.76. The molecule has 0 aliphatic rings. The second-order valence-electron chi connectivity index (χ2n) is 8.89. The lowest BCUT2D eigenvalue weighted by atomic mass is 10.1. The van der Waals surface area contributed by atoms with Crippen LogP contribution < -0.4 is 9.62 Å². The van der Waals surface area contributed by atoms with Crippen LogP contribution in [0.4, 0.5) is 10.1 Å². The van der Waals surface area contributed by atoms with E-state index in [0.717, 1.165) is 9.87 Å². The normalized spacial score (nSPS) is 12.1. The quantitative estimate of drug-likeness (QED) is 0.385. The third-order valence-electron chi connectivity index (χ3n) is 6.21. The first kappa shape index (κ1) is 29.1. The van der Waals surface area contributed by atoms with Gasteiger partial charge in [-0.3, -0.25) is 13.9 Å². The van der Waals surface area contributed by atoms with Crippen LogP contribution >= 0.6 is 11.6 Å². The number of nitrogens with zero attached hydrogens (tertiary/aromatic N) is 2. The molecular weight excluding hydrogens is 529 g/mol. The van der Waals surface area contributed by atoms with Gasteiger partial charge in [0.15, 0.2) is 0 Å². The minimum atomic E-state index is -4.22. The molecule has 2 amide bonds. The molecule has 3 aromatic rings. The highest BCUT2D eigenvalue weighted by molar-refractivity contribution is 7.92. The van der Waals surface area contributed by atoms with Crippen LogP contribution in [-0.2, 0) is 26.2 Å². The summed E-state index contributed by atoms with van der Waals surface area (Å²) in [7, 11) is -4.22. The number of benzene rings is 3. The van der Waals surface area contributed by atoms with Gasteiger partial charge in [-0.1, -0.05) is 53.6 Å². The molecule has 0 fully saturated rings. The number of hydrogen-bond acceptors (Lipinski definition) is 4. The Balaban J connectivity index is 2.09. The van der Waals surface area contributed by atoms with Gasteiger partial charge in [0.25, 0.3) is 10.0 Å². The Morgan fingerprint density at radius 3 is 2.29 bits per heavy atom. The number of likely N-dealkylation sites (N-methyl/N-ethyl adjacent to an activating group) is 1. The van der Waals surface area contributed by atoms with Gasteiger partial charge in [-0.25, -0.2) is 12.8 Å². The van der Waals surface area contributed by atoms with Gasteiger partial charge in [0.05, 0.1) is 10.6 Å². The summed E-state index contributed by atoms with van der Waals surface area (Å²) >= 11 is 6.31. The first-order valence-electron chi connectivity index (χ1n) is 12.1. The van der Waals surface area contributed by atoms with Gasteiger partial charge in [0.2, 0.25) is 11.8 Å². The number of hydrogen-bond donors (Lipinski definition) is 1. The Labute approximate surface area is 228 Å². The number of nitrogens with one attached hydrogen (secondary N) is 1. The third-order valence-corrected chi connectivity index (χ3v) is 8.40. The van der Waals surface area contributed by atoms with Crippen LogP contribution in [0.1, 0.15) is 30.5 Å². The van der Waals surface area contributed by atoms with E-state index in [4.69, 9.17) is 11.6 Å². The SMILES string of the molecule is CCNC(=O)[C@H](C)N(Cc1ccccc1F)C(=O)CN(c1cccc(Cl)c1C)S(=O)(=O)c1ccc(C)cc1. The largest absolute Gasteiger partial charge is 0.355 e. The summed E-state index contributed by atoms with van der Waals surface area (Å²) < 4.78 is 43.2. The zero-order valence-corrected chi connectivity index (χ0v) is 23.3. The van der Waals surface area contributed by atoms with E-state index in [-0.39, 0.29) is 22.7 Å². The minimum Gasteiger partial charge on any atom is -0.355 e. The maximum absolute atomic E-state index is 14.5. The second-order valence-corrected chi connectivity index (χ2v) is 11.2. The van der Waals surface area contributed by atoms with Crippen molar-refractivity contribution >= 4 is 39.1 Å². The maximum atomic E-state index is 14.5. The molecule has 0 radical (unpaired) electrons. The fourth-order valence-corrected chi connectivity index (χ4v) is 5.57. The summed E-state index contributed by atoms with van der Waals surface area (Å²) in [6.07, 6.45) is 0. The van der Waals surface area contributed by atoms with Crippen molar-refractivity contribution in [3.05, 3.63) is 94.3 Å². The summed E-state index contributed by atoms with van der Waals surface area (Å²) in [6.45, 7) is 6.24. The number of halogens is 2. The van der Waals surface area contributed by atoms with Crippen molar-refractivity contribution in [3.63, 3.8) is 0 Å². The number of carbonyl (C=O) groups is 2. The monoisotopic (exact) mass is 559 g/mol. The summed E-state index contributed by atoms with van der Waals surface area (Å²) in [4.78, 5) is 27.7. The van der Waals surface area contributed by atoms with Crippen molar-refractivity contribution in [2.24, 2.45) is 0 Å². The van der Waals surface area contributed by atoms with Crippen molar-refractivity contribution < 1.29 is 22.4 Å². The first-order valence-corrected chi connectivity index (χ1v) is 13.9. The first-order chi connectivity index (χ1) is 18.0. The zero-order chi connectivity index (χ0) is 28.0. The summed E-state index contributed by atoms with van der Waals surface area (Å²) in [6, 6.07) is 16.0. The molecule has 0 saturated heterocycles. The zero-order valence-electron chi connectivity index (χ0n) is 21.7. The molecule has 0 aromatic heterocycles. The third kappa shape index (κ3) is 6.52. The average Bonchev–Trinajstić information content (AvgIpc) is 2.88. The Bertz CT molecular complexity index is 1410. The fraction of sp³-hybridized carbons (Fsp3) is 0.286. The van der Waals surface area contributed by atoms with Gasteiger partial charge in [0, 0.05) is 23.7 Å². The minimum absolute atomic E-state index is 0.00676. The molecule has 0 spiro atoms. The predicted molar refractivity (Wildman–Crippen MR) is 147 cm³/mol. The standard InChI is InChI=1S/C28H31ClFN3O4S/c1-5-31-28(35)21(4)32(17-22-9-6-7-11-25(22)30)27(34)18-33(26-12-8-10-24(29)20(26)3)38(36,37)23-15-13-19(2)14-16-23/h6-16,21H,5,17-18H2,1-4H3,(H,31,35)/t21-/m0/s1. The van der Waals surface area contributed by atoms with Crippen molar-refractivity contribution in [1.82, 2.24) is 10.2 Å². The van der Waals surface area contributed by atoms with Gasteiger partial charge in [-0.15, -0.1) is 0 Å². The molecule has 0 unspecified atom stereocenters. The Kier molecular flexibility index (Phi) is 9.51. The van der Waals surface area contributed by atoms with Crippen LogP contribution in [-0.4, -0.2) is 44.3 Å². The van der Waals surface area contributed by atoms with Crippen LogP contribution in [0.15, 0.2) is 71.6 Å². The topological polar surface area (TPSA) is 86.8 Å². The van der Waals surface area contributed by atoms with E-state index in [9.17, 15) is 22.4 Å². The second kappa shape index (κ2) is 12.4. The fourth-order valence-electron chi connectivity index (χ4n) is 3.93. The lowest BCUT2D eigenvalue weighted by Crippen LogP contribution is -2.51. The molecule has 38 heavy (non-hydrogen) atoms. The molecule has 3 rings (SSSR count). The van der Waals surface area contributed by atoms with E-state index in [1.54, 1.807) is 50.2 Å². The van der Waals surface area contributed by atoms with Crippen molar-refractivity contribution in [2.75, 3.05) is 17.4 Å². The molecule has 202 valence electrons. The molecule has 3 aromatic carbocycles. The Morgan fingerprint density at radius 2 is 1.66 bits per heavy atom. The number of anilines is 1. The van der Waals surface area contributed by atoms with Gasteiger partial charge in [-0.05, 0) is 63.6 Å². The van der Waals surface area contributed by atoms with Crippen LogP contribution in [0.25, 0.3) is 0 Å².